The van der Waals surface area contributed by atoms with Crippen molar-refractivity contribution < 1.29 is 4.79 Å². The van der Waals surface area contributed by atoms with E-state index < -0.39 is 0 Å². The van der Waals surface area contributed by atoms with E-state index in [1.54, 1.807) is 6.07 Å². The molecule has 3 N–H and O–H groups in total. The van der Waals surface area contributed by atoms with Gasteiger partial charge in [-0.2, -0.15) is 0 Å². The molecule has 4 heteroatoms. The van der Waals surface area contributed by atoms with Gasteiger partial charge in [-0.3, -0.25) is 9.69 Å². The molecule has 0 spiro atoms. The summed E-state index contributed by atoms with van der Waals surface area (Å²) in [6.45, 7) is 2.94. The second-order valence-electron chi connectivity index (χ2n) is 5.49. The first kappa shape index (κ1) is 13.9. The van der Waals surface area contributed by atoms with Gasteiger partial charge in [0, 0.05) is 6.54 Å². The molecule has 1 aromatic carbocycles. The number of nitrogens with two attached hydrogens (primary N) is 1. The van der Waals surface area contributed by atoms with E-state index in [9.17, 15) is 4.79 Å². The molecule has 0 aromatic heterocycles. The van der Waals surface area contributed by atoms with Crippen molar-refractivity contribution in [1.29, 1.82) is 0 Å². The molecule has 1 atom stereocenters. The Balaban J connectivity index is 1.89. The lowest BCUT2D eigenvalue weighted by atomic mass is 9.85. The van der Waals surface area contributed by atoms with Crippen LogP contribution in [0.25, 0.3) is 0 Å². The number of likely N-dealkylation sites (N-methyl/N-ethyl adjacent to an activating group) is 1. The largest absolute Gasteiger partial charge is 0.397 e. The normalized spacial score (nSPS) is 17.0. The van der Waals surface area contributed by atoms with E-state index in [1.807, 2.05) is 32.2 Å². The Morgan fingerprint density at radius 3 is 2.74 bits per heavy atom. The minimum Gasteiger partial charge on any atom is -0.397 e. The number of amides is 1. The highest BCUT2D eigenvalue weighted by Gasteiger charge is 2.24. The molecule has 2 rings (SSSR count). The zero-order valence-electron chi connectivity index (χ0n) is 11.7. The fourth-order valence-corrected chi connectivity index (χ4v) is 2.29. The topological polar surface area (TPSA) is 58.4 Å². The summed E-state index contributed by atoms with van der Waals surface area (Å²) in [6, 6.07) is 7.20. The Bertz CT molecular complexity index is 443. The lowest BCUT2D eigenvalue weighted by Crippen LogP contribution is -2.43. The number of benzene rings is 1. The zero-order chi connectivity index (χ0) is 13.8. The molecule has 1 amide bonds. The van der Waals surface area contributed by atoms with Gasteiger partial charge in [0.2, 0.25) is 5.91 Å². The summed E-state index contributed by atoms with van der Waals surface area (Å²) in [5, 5.41) is 2.89. The maximum Gasteiger partial charge on any atom is 0.241 e. The predicted molar refractivity (Wildman–Crippen MR) is 78.9 cm³/mol. The molecule has 0 saturated heterocycles. The fourth-order valence-electron chi connectivity index (χ4n) is 2.29. The lowest BCUT2D eigenvalue weighted by molar-refractivity contribution is -0.120. The summed E-state index contributed by atoms with van der Waals surface area (Å²) in [5.74, 6) is 0.766. The first-order valence-corrected chi connectivity index (χ1v) is 6.93. The molecule has 4 nitrogen and oxygen atoms in total. The maximum atomic E-state index is 12.2. The summed E-state index contributed by atoms with van der Waals surface area (Å²) in [7, 11) is 2.01. The van der Waals surface area contributed by atoms with E-state index >= 15 is 0 Å². The van der Waals surface area contributed by atoms with Crippen molar-refractivity contribution in [2.75, 3.05) is 24.6 Å². The van der Waals surface area contributed by atoms with Gasteiger partial charge in [0.1, 0.15) is 0 Å². The molecule has 1 aromatic rings. The number of anilines is 2. The van der Waals surface area contributed by atoms with Crippen molar-refractivity contribution in [3.05, 3.63) is 24.3 Å². The molecule has 1 aliphatic carbocycles. The van der Waals surface area contributed by atoms with Crippen molar-refractivity contribution in [1.82, 2.24) is 4.90 Å². The second-order valence-corrected chi connectivity index (χ2v) is 5.49. The number of rotatable bonds is 5. The number of carbonyl (C=O) groups is 1. The highest BCUT2D eigenvalue weighted by molar-refractivity contribution is 5.96. The van der Waals surface area contributed by atoms with E-state index in [1.165, 1.54) is 19.3 Å². The van der Waals surface area contributed by atoms with Gasteiger partial charge in [0.05, 0.1) is 17.4 Å². The molecule has 0 bridgehead atoms. The van der Waals surface area contributed by atoms with Crippen LogP contribution in [-0.4, -0.2) is 30.4 Å². The van der Waals surface area contributed by atoms with Gasteiger partial charge >= 0.3 is 0 Å². The SMILES string of the molecule is CC(C(=O)Nc1ccccc1N)N(C)CC1CCC1. The van der Waals surface area contributed by atoms with Gasteiger partial charge in [-0.25, -0.2) is 0 Å². The average Bonchev–Trinajstić information content (AvgIpc) is 2.35. The van der Waals surface area contributed by atoms with Crippen LogP contribution in [0.5, 0.6) is 0 Å². The minimum absolute atomic E-state index is 0.000256. The Labute approximate surface area is 115 Å². The molecule has 0 heterocycles. The van der Waals surface area contributed by atoms with Crippen molar-refractivity contribution in [2.45, 2.75) is 32.2 Å². The van der Waals surface area contributed by atoms with Gasteiger partial charge in [-0.05, 0) is 44.9 Å². The Morgan fingerprint density at radius 1 is 1.47 bits per heavy atom. The molecule has 0 aliphatic heterocycles. The van der Waals surface area contributed by atoms with Crippen LogP contribution in [0.1, 0.15) is 26.2 Å². The third-order valence-corrected chi connectivity index (χ3v) is 4.03. The van der Waals surface area contributed by atoms with E-state index in [0.29, 0.717) is 11.4 Å². The quantitative estimate of drug-likeness (QED) is 0.800. The number of para-hydroxylation sites is 2. The van der Waals surface area contributed by atoms with E-state index in [4.69, 9.17) is 5.73 Å². The van der Waals surface area contributed by atoms with E-state index in [-0.39, 0.29) is 11.9 Å². The highest BCUT2D eigenvalue weighted by Crippen LogP contribution is 2.27. The summed E-state index contributed by atoms with van der Waals surface area (Å²) < 4.78 is 0. The smallest absolute Gasteiger partial charge is 0.241 e. The second kappa shape index (κ2) is 6.06. The molecule has 19 heavy (non-hydrogen) atoms. The number of nitrogens with one attached hydrogen (secondary N) is 1. The van der Waals surface area contributed by atoms with Crippen molar-refractivity contribution >= 4 is 17.3 Å². The van der Waals surface area contributed by atoms with Crippen LogP contribution in [0.2, 0.25) is 0 Å². The zero-order valence-corrected chi connectivity index (χ0v) is 11.7. The van der Waals surface area contributed by atoms with Gasteiger partial charge < -0.3 is 11.1 Å². The minimum atomic E-state index is -0.139. The lowest BCUT2D eigenvalue weighted by Gasteiger charge is -2.32. The van der Waals surface area contributed by atoms with Gasteiger partial charge in [-0.1, -0.05) is 18.6 Å². The van der Waals surface area contributed by atoms with Crippen molar-refractivity contribution in [3.63, 3.8) is 0 Å². The third kappa shape index (κ3) is 3.47. The first-order chi connectivity index (χ1) is 9.08. The summed E-state index contributed by atoms with van der Waals surface area (Å²) in [5.41, 5.74) is 7.12. The average molecular weight is 261 g/mol. The summed E-state index contributed by atoms with van der Waals surface area (Å²) in [6.07, 6.45) is 3.92. The van der Waals surface area contributed by atoms with Gasteiger partial charge in [-0.15, -0.1) is 0 Å². The van der Waals surface area contributed by atoms with E-state index in [2.05, 4.69) is 10.2 Å². The van der Waals surface area contributed by atoms with Crippen LogP contribution < -0.4 is 11.1 Å². The Hall–Kier alpha value is -1.55. The van der Waals surface area contributed by atoms with Crippen LogP contribution in [0.4, 0.5) is 11.4 Å². The van der Waals surface area contributed by atoms with Crippen LogP contribution in [0.15, 0.2) is 24.3 Å². The number of nitrogen functional groups attached to an aromatic ring is 1. The third-order valence-electron chi connectivity index (χ3n) is 4.03. The standard InChI is InChI=1S/C15H23N3O/c1-11(18(2)10-12-6-5-7-12)15(19)17-14-9-4-3-8-13(14)16/h3-4,8-9,11-12H,5-7,10,16H2,1-2H3,(H,17,19). The number of hydrogen-bond acceptors (Lipinski definition) is 3. The van der Waals surface area contributed by atoms with Gasteiger partial charge in [0.15, 0.2) is 0 Å². The number of carbonyl (C=O) groups excluding carboxylic acids is 1. The fraction of sp³-hybridized carbons (Fsp3) is 0.533. The molecule has 1 fully saturated rings. The highest BCUT2D eigenvalue weighted by atomic mass is 16.2. The van der Waals surface area contributed by atoms with Crippen LogP contribution >= 0.6 is 0 Å². The molecule has 0 radical (unpaired) electrons. The predicted octanol–water partition coefficient (Wildman–Crippen LogP) is 2.33. The molecule has 1 saturated carbocycles. The van der Waals surface area contributed by atoms with Gasteiger partial charge in [0.25, 0.3) is 0 Å². The molecule has 1 aliphatic rings. The van der Waals surface area contributed by atoms with Crippen molar-refractivity contribution in [3.8, 4) is 0 Å². The molecular formula is C15H23N3O. The van der Waals surface area contributed by atoms with Crippen LogP contribution in [0.3, 0.4) is 0 Å². The van der Waals surface area contributed by atoms with E-state index in [0.717, 1.165) is 12.5 Å². The summed E-state index contributed by atoms with van der Waals surface area (Å²) >= 11 is 0. The number of hydrogen-bond donors (Lipinski definition) is 2. The van der Waals surface area contributed by atoms with Crippen LogP contribution in [-0.2, 0) is 4.79 Å². The molecule has 104 valence electrons. The maximum absolute atomic E-state index is 12.2. The summed E-state index contributed by atoms with van der Waals surface area (Å²) in [4.78, 5) is 14.3. The molecular weight excluding hydrogens is 238 g/mol. The van der Waals surface area contributed by atoms with Crippen LogP contribution in [0, 0.1) is 5.92 Å². The Kier molecular flexibility index (Phi) is 4.43. The number of nitrogens with zero attached hydrogens (tertiary/aromatic N) is 1. The van der Waals surface area contributed by atoms with Crippen molar-refractivity contribution in [2.24, 2.45) is 5.92 Å². The Morgan fingerprint density at radius 2 is 2.16 bits per heavy atom. The molecule has 1 unspecified atom stereocenters. The first-order valence-electron chi connectivity index (χ1n) is 6.93. The monoisotopic (exact) mass is 261 g/mol.